The number of amides is 1. The number of rotatable bonds is 5. The summed E-state index contributed by atoms with van der Waals surface area (Å²) in [5, 5.41) is 18.1. The van der Waals surface area contributed by atoms with Crippen LogP contribution in [0.4, 0.5) is 0 Å². The number of sulfone groups is 1. The molecule has 0 radical (unpaired) electrons. The lowest BCUT2D eigenvalue weighted by Gasteiger charge is -2.24. The van der Waals surface area contributed by atoms with Gasteiger partial charge >= 0.3 is 0 Å². The van der Waals surface area contributed by atoms with Crippen LogP contribution in [0.5, 0.6) is 0 Å². The van der Waals surface area contributed by atoms with Gasteiger partial charge in [-0.25, -0.2) is 18.9 Å². The van der Waals surface area contributed by atoms with Crippen molar-refractivity contribution >= 4 is 37.3 Å². The van der Waals surface area contributed by atoms with E-state index >= 15 is 0 Å². The summed E-state index contributed by atoms with van der Waals surface area (Å²) in [4.78, 5) is 16.3. The molecule has 1 atom stereocenters. The van der Waals surface area contributed by atoms with Crippen LogP contribution in [0.15, 0.2) is 18.2 Å². The molecule has 1 unspecified atom stereocenters. The molecule has 0 bridgehead atoms. The van der Waals surface area contributed by atoms with Crippen molar-refractivity contribution in [2.24, 2.45) is 0 Å². The minimum atomic E-state index is -3.74. The molecule has 0 aliphatic rings. The normalized spacial score (nSPS) is 13.0. The predicted octanol–water partition coefficient (Wildman–Crippen LogP) is 0.885. The smallest absolute Gasteiger partial charge is 0.264 e. The van der Waals surface area contributed by atoms with Crippen molar-refractivity contribution in [2.45, 2.75) is 24.5 Å². The molecule has 27 heavy (non-hydrogen) atoms. The quantitative estimate of drug-likeness (QED) is 0.386. The Bertz CT molecular complexity index is 1080. The molecule has 1 aromatic heterocycles. The Morgan fingerprint density at radius 3 is 2.74 bits per heavy atom. The van der Waals surface area contributed by atoms with Gasteiger partial charge in [0, 0.05) is 18.2 Å². The van der Waals surface area contributed by atoms with E-state index in [4.69, 9.17) is 10.3 Å². The largest absolute Gasteiger partial charge is 0.384 e. The van der Waals surface area contributed by atoms with Gasteiger partial charge in [0.25, 0.3) is 5.91 Å². The lowest BCUT2D eigenvalue weighted by atomic mass is 10.0. The molecule has 0 aliphatic heterocycles. The van der Waals surface area contributed by atoms with Crippen LogP contribution in [0, 0.1) is 23.7 Å². The van der Waals surface area contributed by atoms with Crippen LogP contribution in [-0.4, -0.2) is 47.2 Å². The number of hydroxylamine groups is 1. The fourth-order valence-corrected chi connectivity index (χ4v) is 4.14. The topological polar surface area (TPSA) is 117 Å². The van der Waals surface area contributed by atoms with E-state index < -0.39 is 20.5 Å². The first-order valence-corrected chi connectivity index (χ1v) is 10.6. The second-order valence-corrected chi connectivity index (χ2v) is 9.50. The average molecular weight is 406 g/mol. The maximum atomic E-state index is 12.0. The van der Waals surface area contributed by atoms with Crippen molar-refractivity contribution in [3.8, 4) is 23.7 Å². The highest BCUT2D eigenvalue weighted by Crippen LogP contribution is 2.28. The Morgan fingerprint density at radius 1 is 1.37 bits per heavy atom. The maximum Gasteiger partial charge on any atom is 0.264 e. The van der Waals surface area contributed by atoms with Gasteiger partial charge in [0.1, 0.15) is 11.4 Å². The summed E-state index contributed by atoms with van der Waals surface area (Å²) in [6, 6.07) is 5.44. The standard InChI is InChI=1S/C18H18N2O5S2/c1-18(17(22)20-23,27(2,24)25)10-9-16-19-14-8-7-13(12-15(14)26-16)6-4-3-5-11-21/h7-8,12,21,23H,9-11H2,1-2H3,(H,20,22). The molecule has 0 saturated carbocycles. The lowest BCUT2D eigenvalue weighted by Crippen LogP contribution is -2.49. The van der Waals surface area contributed by atoms with Gasteiger partial charge in [0.05, 0.1) is 15.2 Å². The third kappa shape index (κ3) is 4.85. The van der Waals surface area contributed by atoms with Crippen molar-refractivity contribution < 1.29 is 23.5 Å². The number of carbonyl (C=O) groups excluding carboxylic acids is 1. The van der Waals surface area contributed by atoms with Gasteiger partial charge in [-0.3, -0.25) is 10.0 Å². The third-order valence-electron chi connectivity index (χ3n) is 4.09. The molecule has 9 heteroatoms. The molecule has 0 aliphatic carbocycles. The first kappa shape index (κ1) is 20.9. The van der Waals surface area contributed by atoms with E-state index in [2.05, 4.69) is 28.7 Å². The Labute approximate surface area is 161 Å². The van der Waals surface area contributed by atoms with E-state index in [1.54, 1.807) is 12.1 Å². The van der Waals surface area contributed by atoms with Crippen molar-refractivity contribution in [3.05, 3.63) is 28.8 Å². The fraction of sp³-hybridized carbons (Fsp3) is 0.333. The van der Waals surface area contributed by atoms with Gasteiger partial charge in [0.15, 0.2) is 9.84 Å². The third-order valence-corrected chi connectivity index (χ3v) is 7.19. The van der Waals surface area contributed by atoms with Crippen LogP contribution in [0.2, 0.25) is 0 Å². The van der Waals surface area contributed by atoms with Gasteiger partial charge in [-0.15, -0.1) is 11.3 Å². The summed E-state index contributed by atoms with van der Waals surface area (Å²) in [5.74, 6) is 9.49. The molecule has 2 rings (SSSR count). The first-order valence-electron chi connectivity index (χ1n) is 7.84. The van der Waals surface area contributed by atoms with Crippen LogP contribution in [0.3, 0.4) is 0 Å². The number of thiazole rings is 1. The van der Waals surface area contributed by atoms with Gasteiger partial charge < -0.3 is 5.11 Å². The van der Waals surface area contributed by atoms with Crippen LogP contribution >= 0.6 is 11.3 Å². The predicted molar refractivity (Wildman–Crippen MR) is 103 cm³/mol. The number of benzene rings is 1. The molecular weight excluding hydrogens is 388 g/mol. The summed E-state index contributed by atoms with van der Waals surface area (Å²) in [5.41, 5.74) is 2.92. The van der Waals surface area contributed by atoms with E-state index in [9.17, 15) is 13.2 Å². The second kappa shape index (κ2) is 8.51. The monoisotopic (exact) mass is 406 g/mol. The van der Waals surface area contributed by atoms with Gasteiger partial charge in [-0.1, -0.05) is 11.8 Å². The van der Waals surface area contributed by atoms with E-state index in [1.807, 2.05) is 6.07 Å². The second-order valence-electron chi connectivity index (χ2n) is 5.94. The Morgan fingerprint density at radius 2 is 2.11 bits per heavy atom. The summed E-state index contributed by atoms with van der Waals surface area (Å²) >= 11 is 1.38. The lowest BCUT2D eigenvalue weighted by molar-refractivity contribution is -0.131. The maximum absolute atomic E-state index is 12.0. The molecule has 0 spiro atoms. The molecule has 3 N–H and O–H groups in total. The highest BCUT2D eigenvalue weighted by atomic mass is 32.2. The molecule has 7 nitrogen and oxygen atoms in total. The summed E-state index contributed by atoms with van der Waals surface area (Å²) in [6.45, 7) is 1.04. The van der Waals surface area contributed by atoms with E-state index in [-0.39, 0.29) is 19.4 Å². The molecule has 2 aromatic rings. The highest BCUT2D eigenvalue weighted by Gasteiger charge is 2.43. The van der Waals surface area contributed by atoms with Crippen LogP contribution < -0.4 is 5.48 Å². The zero-order valence-electron chi connectivity index (χ0n) is 14.7. The molecule has 0 saturated heterocycles. The van der Waals surface area contributed by atoms with E-state index in [0.29, 0.717) is 5.01 Å². The summed E-state index contributed by atoms with van der Waals surface area (Å²) in [6.07, 6.45) is 1.21. The number of aryl methyl sites for hydroxylation is 1. The van der Waals surface area contributed by atoms with Crippen LogP contribution in [0.1, 0.15) is 23.9 Å². The Kier molecular flexibility index (Phi) is 6.58. The molecule has 142 valence electrons. The van der Waals surface area contributed by atoms with E-state index in [1.165, 1.54) is 23.7 Å². The number of nitrogens with one attached hydrogen (secondary N) is 1. The van der Waals surface area contributed by atoms with Gasteiger partial charge in [-0.2, -0.15) is 0 Å². The molecule has 1 amide bonds. The Hall–Kier alpha value is -2.43. The summed E-state index contributed by atoms with van der Waals surface area (Å²) < 4.78 is 23.1. The molecular formula is C18H18N2O5S2. The molecule has 1 aromatic carbocycles. The van der Waals surface area contributed by atoms with Crippen molar-refractivity contribution in [1.29, 1.82) is 0 Å². The van der Waals surface area contributed by atoms with Gasteiger partial charge in [-0.05, 0) is 43.4 Å². The fourth-order valence-electron chi connectivity index (χ4n) is 2.28. The van der Waals surface area contributed by atoms with Crippen LogP contribution in [0.25, 0.3) is 10.2 Å². The number of nitrogens with zero attached hydrogens (tertiary/aromatic N) is 1. The minimum Gasteiger partial charge on any atom is -0.384 e. The zero-order valence-corrected chi connectivity index (χ0v) is 16.4. The number of aliphatic hydroxyl groups excluding tert-OH is 1. The van der Waals surface area contributed by atoms with Gasteiger partial charge in [0.2, 0.25) is 0 Å². The number of aliphatic hydroxyl groups is 1. The minimum absolute atomic E-state index is 0.0124. The zero-order chi connectivity index (χ0) is 20.1. The number of carbonyl (C=O) groups is 1. The van der Waals surface area contributed by atoms with Crippen molar-refractivity contribution in [2.75, 3.05) is 12.9 Å². The van der Waals surface area contributed by atoms with Crippen molar-refractivity contribution in [3.63, 3.8) is 0 Å². The highest BCUT2D eigenvalue weighted by molar-refractivity contribution is 7.92. The van der Waals surface area contributed by atoms with Crippen molar-refractivity contribution in [1.82, 2.24) is 10.5 Å². The number of fused-ring (bicyclic) bond motifs is 1. The number of hydrogen-bond donors (Lipinski definition) is 3. The molecule has 1 heterocycles. The SMILES string of the molecule is CC(CCc1nc2ccc(C#CC#CCO)cc2s1)(C(=O)NO)S(C)(=O)=O. The first-order chi connectivity index (χ1) is 12.7. The average Bonchev–Trinajstić information content (AvgIpc) is 3.03. The Balaban J connectivity index is 2.24. The van der Waals surface area contributed by atoms with Crippen LogP contribution in [-0.2, 0) is 21.1 Å². The summed E-state index contributed by atoms with van der Waals surface area (Å²) in [7, 11) is -3.74. The number of aromatic nitrogens is 1. The molecule has 0 fully saturated rings. The number of hydrogen-bond acceptors (Lipinski definition) is 7. The van der Waals surface area contributed by atoms with E-state index in [0.717, 1.165) is 22.0 Å².